The molecule has 0 bridgehead atoms. The van der Waals surface area contributed by atoms with Crippen LogP contribution in [-0.4, -0.2) is 33.6 Å². The van der Waals surface area contributed by atoms with Gasteiger partial charge in [-0.3, -0.25) is 4.68 Å². The molecule has 0 atom stereocenters. The topological polar surface area (TPSA) is 55.1 Å². The Morgan fingerprint density at radius 2 is 2.12 bits per heavy atom. The van der Waals surface area contributed by atoms with Gasteiger partial charge in [0.1, 0.15) is 5.00 Å². The molecule has 0 unspecified atom stereocenters. The van der Waals surface area contributed by atoms with Gasteiger partial charge in [-0.2, -0.15) is 5.10 Å². The van der Waals surface area contributed by atoms with Crippen molar-refractivity contribution < 1.29 is 0 Å². The van der Waals surface area contributed by atoms with Crippen LogP contribution in [-0.2, 0) is 7.05 Å². The lowest BCUT2D eigenvalue weighted by molar-refractivity contribution is 0.459. The van der Waals surface area contributed by atoms with E-state index in [1.807, 2.05) is 17.9 Å². The summed E-state index contributed by atoms with van der Waals surface area (Å²) in [6, 6.07) is 6.31. The Labute approximate surface area is 151 Å². The minimum absolute atomic E-state index is 0.584. The molecule has 6 heteroatoms. The molecule has 1 saturated heterocycles. The smallest absolute Gasteiger partial charge is 0.139 e. The number of aliphatic imine (C=N–C) groups is 1. The zero-order valence-corrected chi connectivity index (χ0v) is 15.7. The predicted molar refractivity (Wildman–Crippen MR) is 104 cm³/mol. The maximum absolute atomic E-state index is 4.89. The summed E-state index contributed by atoms with van der Waals surface area (Å²) in [5.41, 5.74) is 4.22. The Balaban J connectivity index is 1.63. The highest BCUT2D eigenvalue weighted by molar-refractivity contribution is 7.15. The normalized spacial score (nSPS) is 16.7. The second kappa shape index (κ2) is 6.69. The highest BCUT2D eigenvalue weighted by Crippen LogP contribution is 2.35. The SMILES string of the molecule is C/C(=N\c1sc(C2CCNCC2)nc1C)c1ccc2nn(C)cc2c1. The molecular weight excluding hydrogens is 330 g/mol. The van der Waals surface area contributed by atoms with Crippen LogP contribution in [0.2, 0.25) is 0 Å². The van der Waals surface area contributed by atoms with Gasteiger partial charge in [0.2, 0.25) is 0 Å². The maximum Gasteiger partial charge on any atom is 0.139 e. The Kier molecular flexibility index (Phi) is 4.39. The van der Waals surface area contributed by atoms with E-state index in [1.54, 1.807) is 11.3 Å². The van der Waals surface area contributed by atoms with Gasteiger partial charge in [0.15, 0.2) is 0 Å². The number of aryl methyl sites for hydroxylation is 2. The minimum Gasteiger partial charge on any atom is -0.317 e. The number of thiazole rings is 1. The van der Waals surface area contributed by atoms with Gasteiger partial charge in [0.25, 0.3) is 0 Å². The number of fused-ring (bicyclic) bond motifs is 1. The number of nitrogens with zero attached hydrogens (tertiary/aromatic N) is 4. The summed E-state index contributed by atoms with van der Waals surface area (Å²) in [6.45, 7) is 6.32. The quantitative estimate of drug-likeness (QED) is 0.726. The zero-order chi connectivity index (χ0) is 17.4. The third-order valence-electron chi connectivity index (χ3n) is 4.78. The van der Waals surface area contributed by atoms with Crippen LogP contribution in [0.1, 0.15) is 41.9 Å². The second-order valence-corrected chi connectivity index (χ2v) is 7.75. The van der Waals surface area contributed by atoms with E-state index in [2.05, 4.69) is 42.5 Å². The molecule has 4 rings (SSSR count). The first-order chi connectivity index (χ1) is 12.1. The number of nitrogens with one attached hydrogen (secondary N) is 1. The zero-order valence-electron chi connectivity index (χ0n) is 14.9. The van der Waals surface area contributed by atoms with Gasteiger partial charge in [-0.1, -0.05) is 17.4 Å². The Hall–Kier alpha value is -2.05. The number of hydrogen-bond acceptors (Lipinski definition) is 5. The highest BCUT2D eigenvalue weighted by atomic mass is 32.1. The molecule has 3 heterocycles. The molecule has 130 valence electrons. The average Bonchev–Trinajstić information content (AvgIpc) is 3.17. The van der Waals surface area contributed by atoms with Crippen molar-refractivity contribution in [1.29, 1.82) is 0 Å². The van der Waals surface area contributed by atoms with Gasteiger partial charge in [-0.25, -0.2) is 9.98 Å². The van der Waals surface area contributed by atoms with Crippen molar-refractivity contribution in [2.75, 3.05) is 13.1 Å². The van der Waals surface area contributed by atoms with E-state index in [1.165, 1.54) is 17.8 Å². The molecule has 1 aromatic carbocycles. The van der Waals surface area contributed by atoms with E-state index in [4.69, 9.17) is 9.98 Å². The van der Waals surface area contributed by atoms with Gasteiger partial charge >= 0.3 is 0 Å². The predicted octanol–water partition coefficient (Wildman–Crippen LogP) is 3.95. The van der Waals surface area contributed by atoms with Crippen LogP contribution in [0.25, 0.3) is 10.9 Å². The molecule has 25 heavy (non-hydrogen) atoms. The first-order valence-corrected chi connectivity index (χ1v) is 9.59. The van der Waals surface area contributed by atoms with Crippen LogP contribution in [0.15, 0.2) is 29.4 Å². The van der Waals surface area contributed by atoms with E-state index in [-0.39, 0.29) is 0 Å². The highest BCUT2D eigenvalue weighted by Gasteiger charge is 2.20. The maximum atomic E-state index is 4.89. The van der Waals surface area contributed by atoms with E-state index < -0.39 is 0 Å². The van der Waals surface area contributed by atoms with Crippen molar-refractivity contribution in [3.63, 3.8) is 0 Å². The third kappa shape index (κ3) is 3.37. The van der Waals surface area contributed by atoms with Crippen molar-refractivity contribution in [2.24, 2.45) is 12.0 Å². The second-order valence-electron chi connectivity index (χ2n) is 6.74. The van der Waals surface area contributed by atoms with E-state index >= 15 is 0 Å². The summed E-state index contributed by atoms with van der Waals surface area (Å²) in [4.78, 5) is 9.69. The fourth-order valence-corrected chi connectivity index (χ4v) is 4.51. The van der Waals surface area contributed by atoms with Crippen LogP contribution in [0, 0.1) is 6.92 Å². The Bertz CT molecular complexity index is 931. The Morgan fingerprint density at radius 1 is 1.32 bits per heavy atom. The summed E-state index contributed by atoms with van der Waals surface area (Å²) < 4.78 is 1.85. The summed E-state index contributed by atoms with van der Waals surface area (Å²) >= 11 is 1.75. The summed E-state index contributed by atoms with van der Waals surface area (Å²) in [5.74, 6) is 0.584. The fraction of sp³-hybridized carbons (Fsp3) is 0.421. The lowest BCUT2D eigenvalue weighted by Gasteiger charge is -2.20. The van der Waals surface area contributed by atoms with Gasteiger partial charge in [-0.05, 0) is 57.5 Å². The van der Waals surface area contributed by atoms with E-state index in [9.17, 15) is 0 Å². The summed E-state index contributed by atoms with van der Waals surface area (Å²) in [6.07, 6.45) is 4.39. The molecule has 1 aliphatic heterocycles. The average molecular weight is 353 g/mol. The molecule has 1 N–H and O–H groups in total. The lowest BCUT2D eigenvalue weighted by atomic mass is 9.99. The molecule has 1 aliphatic rings. The van der Waals surface area contributed by atoms with Gasteiger partial charge in [0.05, 0.1) is 16.2 Å². The van der Waals surface area contributed by atoms with Crippen LogP contribution in [0.4, 0.5) is 5.00 Å². The molecule has 0 saturated carbocycles. The molecule has 3 aromatic rings. The Morgan fingerprint density at radius 3 is 2.92 bits per heavy atom. The number of benzene rings is 1. The fourth-order valence-electron chi connectivity index (χ4n) is 3.35. The van der Waals surface area contributed by atoms with Crippen molar-refractivity contribution in [3.05, 3.63) is 40.7 Å². The minimum atomic E-state index is 0.584. The first-order valence-electron chi connectivity index (χ1n) is 8.77. The van der Waals surface area contributed by atoms with Crippen molar-refractivity contribution in [3.8, 4) is 0 Å². The van der Waals surface area contributed by atoms with Crippen LogP contribution in [0.3, 0.4) is 0 Å². The number of aromatic nitrogens is 3. The summed E-state index contributed by atoms with van der Waals surface area (Å²) in [7, 11) is 1.95. The molecule has 5 nitrogen and oxygen atoms in total. The number of hydrogen-bond donors (Lipinski definition) is 1. The van der Waals surface area contributed by atoms with E-state index in [0.717, 1.165) is 46.0 Å². The van der Waals surface area contributed by atoms with Gasteiger partial charge < -0.3 is 5.32 Å². The number of rotatable bonds is 3. The molecule has 1 fully saturated rings. The largest absolute Gasteiger partial charge is 0.317 e. The standard InChI is InChI=1S/C19H23N5S/c1-12(15-4-5-17-16(10-15)11-24(3)23-17)21-18-13(2)22-19(25-18)14-6-8-20-9-7-14/h4-5,10-11,14,20H,6-9H2,1-3H3/b21-12+. The van der Waals surface area contributed by atoms with Gasteiger partial charge in [-0.15, -0.1) is 0 Å². The summed E-state index contributed by atoms with van der Waals surface area (Å²) in [5, 5.41) is 11.3. The monoisotopic (exact) mass is 353 g/mol. The molecular formula is C19H23N5S. The van der Waals surface area contributed by atoms with Crippen molar-refractivity contribution >= 4 is 33.0 Å². The van der Waals surface area contributed by atoms with Crippen molar-refractivity contribution in [1.82, 2.24) is 20.1 Å². The van der Waals surface area contributed by atoms with Crippen LogP contribution >= 0.6 is 11.3 Å². The van der Waals surface area contributed by atoms with Crippen LogP contribution in [0.5, 0.6) is 0 Å². The first kappa shape index (κ1) is 16.4. The van der Waals surface area contributed by atoms with Gasteiger partial charge in [0, 0.05) is 30.3 Å². The lowest BCUT2D eigenvalue weighted by Crippen LogP contribution is -2.26. The third-order valence-corrected chi connectivity index (χ3v) is 6.00. The molecule has 0 amide bonds. The van der Waals surface area contributed by atoms with Crippen LogP contribution < -0.4 is 5.32 Å². The van der Waals surface area contributed by atoms with E-state index in [0.29, 0.717) is 5.92 Å². The molecule has 0 spiro atoms. The molecule has 2 aromatic heterocycles. The van der Waals surface area contributed by atoms with Crippen molar-refractivity contribution in [2.45, 2.75) is 32.6 Å². The molecule has 0 radical (unpaired) electrons. The molecule has 0 aliphatic carbocycles. The number of piperidine rings is 1.